The second-order valence-corrected chi connectivity index (χ2v) is 4.49. The van der Waals surface area contributed by atoms with Crippen molar-refractivity contribution in [1.82, 2.24) is 4.90 Å². The van der Waals surface area contributed by atoms with Gasteiger partial charge in [-0.15, -0.1) is 0 Å². The lowest BCUT2D eigenvalue weighted by Gasteiger charge is -2.36. The van der Waals surface area contributed by atoms with Gasteiger partial charge in [0.05, 0.1) is 0 Å². The number of aliphatic carboxylic acids is 1. The van der Waals surface area contributed by atoms with E-state index in [4.69, 9.17) is 5.11 Å². The number of nitrogens with zero attached hydrogens (tertiary/aromatic N) is 1. The van der Waals surface area contributed by atoms with E-state index in [0.29, 0.717) is 6.54 Å². The lowest BCUT2D eigenvalue weighted by atomic mass is 9.98. The van der Waals surface area contributed by atoms with Crippen molar-refractivity contribution in [3.8, 4) is 0 Å². The van der Waals surface area contributed by atoms with Crippen molar-refractivity contribution < 1.29 is 23.1 Å². The summed E-state index contributed by atoms with van der Waals surface area (Å²) < 4.78 is 37.6. The molecular weight excluding hydrogens is 235 g/mol. The molecular formula is C11H18F3NO2. The highest BCUT2D eigenvalue weighted by atomic mass is 19.4. The van der Waals surface area contributed by atoms with Crippen LogP contribution in [0.15, 0.2) is 0 Å². The number of halogens is 3. The molecule has 0 bridgehead atoms. The summed E-state index contributed by atoms with van der Waals surface area (Å²) in [6, 6.07) is 0.0907. The number of piperidine rings is 1. The molecule has 100 valence electrons. The summed E-state index contributed by atoms with van der Waals surface area (Å²) in [7, 11) is 0. The Morgan fingerprint density at radius 2 is 2.12 bits per heavy atom. The van der Waals surface area contributed by atoms with Crippen molar-refractivity contribution >= 4 is 5.97 Å². The second kappa shape index (κ2) is 5.71. The third-order valence-corrected chi connectivity index (χ3v) is 3.33. The third kappa shape index (κ3) is 3.87. The van der Waals surface area contributed by atoms with Crippen LogP contribution in [0.4, 0.5) is 13.2 Å². The number of carbonyl (C=O) groups is 1. The molecule has 0 aromatic heterocycles. The van der Waals surface area contributed by atoms with Crippen molar-refractivity contribution in [2.45, 2.75) is 44.8 Å². The molecule has 2 atom stereocenters. The first-order chi connectivity index (χ1) is 7.86. The van der Waals surface area contributed by atoms with Gasteiger partial charge in [0.1, 0.15) is 0 Å². The SMILES string of the molecule is CCC1CCCCN1CC(C(=O)O)C(F)(F)F. The Morgan fingerprint density at radius 1 is 1.47 bits per heavy atom. The molecule has 1 N–H and O–H groups in total. The molecule has 0 radical (unpaired) electrons. The minimum Gasteiger partial charge on any atom is -0.481 e. The van der Waals surface area contributed by atoms with Crippen molar-refractivity contribution in [3.63, 3.8) is 0 Å². The zero-order chi connectivity index (χ0) is 13.1. The number of hydrogen-bond acceptors (Lipinski definition) is 2. The largest absolute Gasteiger partial charge is 0.481 e. The maximum absolute atomic E-state index is 12.5. The highest BCUT2D eigenvalue weighted by molar-refractivity contribution is 5.71. The van der Waals surface area contributed by atoms with Gasteiger partial charge in [-0.25, -0.2) is 0 Å². The summed E-state index contributed by atoms with van der Waals surface area (Å²) in [5, 5.41) is 8.65. The fourth-order valence-electron chi connectivity index (χ4n) is 2.32. The summed E-state index contributed by atoms with van der Waals surface area (Å²) in [6.07, 6.45) is -1.17. The molecule has 0 aliphatic carbocycles. The number of carboxylic acid groups (broad SMARTS) is 1. The Morgan fingerprint density at radius 3 is 2.59 bits per heavy atom. The van der Waals surface area contributed by atoms with E-state index in [0.717, 1.165) is 25.7 Å². The van der Waals surface area contributed by atoms with Gasteiger partial charge in [-0.05, 0) is 25.8 Å². The molecule has 2 unspecified atom stereocenters. The minimum atomic E-state index is -4.67. The zero-order valence-electron chi connectivity index (χ0n) is 9.83. The van der Waals surface area contributed by atoms with Crippen LogP contribution in [0, 0.1) is 5.92 Å². The summed E-state index contributed by atoms with van der Waals surface area (Å²) in [5.74, 6) is -4.05. The van der Waals surface area contributed by atoms with Crippen LogP contribution in [-0.4, -0.2) is 41.3 Å². The Labute approximate surface area is 98.6 Å². The predicted molar refractivity (Wildman–Crippen MR) is 56.7 cm³/mol. The van der Waals surface area contributed by atoms with Crippen LogP contribution in [-0.2, 0) is 4.79 Å². The number of carboxylic acids is 1. The zero-order valence-corrected chi connectivity index (χ0v) is 9.83. The molecule has 0 spiro atoms. The van der Waals surface area contributed by atoms with Gasteiger partial charge in [-0.2, -0.15) is 13.2 Å². The van der Waals surface area contributed by atoms with E-state index in [-0.39, 0.29) is 6.04 Å². The van der Waals surface area contributed by atoms with Crippen LogP contribution in [0.3, 0.4) is 0 Å². The fraction of sp³-hybridized carbons (Fsp3) is 0.909. The topological polar surface area (TPSA) is 40.5 Å². The average molecular weight is 253 g/mol. The molecule has 17 heavy (non-hydrogen) atoms. The number of likely N-dealkylation sites (tertiary alicyclic amines) is 1. The van der Waals surface area contributed by atoms with E-state index in [2.05, 4.69) is 0 Å². The summed E-state index contributed by atoms with van der Waals surface area (Å²) in [5.41, 5.74) is 0. The van der Waals surface area contributed by atoms with Crippen LogP contribution >= 0.6 is 0 Å². The van der Waals surface area contributed by atoms with Crippen LogP contribution in [0.5, 0.6) is 0 Å². The van der Waals surface area contributed by atoms with Crippen LogP contribution in [0.2, 0.25) is 0 Å². The molecule has 0 aromatic carbocycles. The van der Waals surface area contributed by atoms with Crippen LogP contribution in [0.25, 0.3) is 0 Å². The highest BCUT2D eigenvalue weighted by Gasteiger charge is 2.46. The van der Waals surface area contributed by atoms with E-state index in [9.17, 15) is 18.0 Å². The van der Waals surface area contributed by atoms with E-state index < -0.39 is 24.6 Å². The molecule has 0 saturated carbocycles. The highest BCUT2D eigenvalue weighted by Crippen LogP contribution is 2.29. The molecule has 0 amide bonds. The molecule has 1 aliphatic rings. The van der Waals surface area contributed by atoms with E-state index in [1.165, 1.54) is 0 Å². The maximum atomic E-state index is 12.5. The first-order valence-corrected chi connectivity index (χ1v) is 5.89. The van der Waals surface area contributed by atoms with Gasteiger partial charge in [0.25, 0.3) is 0 Å². The molecule has 0 aromatic rings. The smallest absolute Gasteiger partial charge is 0.403 e. The molecule has 3 nitrogen and oxygen atoms in total. The Bertz CT molecular complexity index is 268. The Balaban J connectivity index is 2.68. The van der Waals surface area contributed by atoms with Crippen molar-refractivity contribution in [1.29, 1.82) is 0 Å². The quantitative estimate of drug-likeness (QED) is 0.837. The first-order valence-electron chi connectivity index (χ1n) is 5.89. The first kappa shape index (κ1) is 14.3. The second-order valence-electron chi connectivity index (χ2n) is 4.49. The Hall–Kier alpha value is -0.780. The fourth-order valence-corrected chi connectivity index (χ4v) is 2.32. The van der Waals surface area contributed by atoms with Crippen molar-refractivity contribution in [2.24, 2.45) is 5.92 Å². The van der Waals surface area contributed by atoms with Crippen LogP contribution < -0.4 is 0 Å². The van der Waals surface area contributed by atoms with E-state index in [1.54, 1.807) is 4.90 Å². The predicted octanol–water partition coefficient (Wildman–Crippen LogP) is 2.51. The third-order valence-electron chi connectivity index (χ3n) is 3.33. The number of alkyl halides is 3. The molecule has 1 fully saturated rings. The molecule has 6 heteroatoms. The molecule has 1 aliphatic heterocycles. The number of rotatable bonds is 4. The summed E-state index contributed by atoms with van der Waals surface area (Å²) in [6.45, 7) is 2.07. The van der Waals surface area contributed by atoms with Gasteiger partial charge in [0.2, 0.25) is 0 Å². The molecule has 1 saturated heterocycles. The van der Waals surface area contributed by atoms with Gasteiger partial charge in [0, 0.05) is 12.6 Å². The van der Waals surface area contributed by atoms with E-state index >= 15 is 0 Å². The minimum absolute atomic E-state index is 0.0907. The Kier molecular flexibility index (Phi) is 4.80. The van der Waals surface area contributed by atoms with Gasteiger partial charge in [-0.3, -0.25) is 9.69 Å². The average Bonchev–Trinajstić information content (AvgIpc) is 2.24. The lowest BCUT2D eigenvalue weighted by Crippen LogP contribution is -2.47. The van der Waals surface area contributed by atoms with Crippen molar-refractivity contribution in [2.75, 3.05) is 13.1 Å². The van der Waals surface area contributed by atoms with Gasteiger partial charge in [0.15, 0.2) is 5.92 Å². The van der Waals surface area contributed by atoms with Gasteiger partial charge < -0.3 is 5.11 Å². The van der Waals surface area contributed by atoms with Gasteiger partial charge >= 0.3 is 12.1 Å². The van der Waals surface area contributed by atoms with Gasteiger partial charge in [-0.1, -0.05) is 13.3 Å². The lowest BCUT2D eigenvalue weighted by molar-refractivity contribution is -0.198. The van der Waals surface area contributed by atoms with E-state index in [1.807, 2.05) is 6.92 Å². The standard InChI is InChI=1S/C11H18F3NO2/c1-2-8-5-3-4-6-15(8)7-9(10(16)17)11(12,13)14/h8-9H,2-7H2,1H3,(H,16,17). The summed E-state index contributed by atoms with van der Waals surface area (Å²) in [4.78, 5) is 12.3. The normalized spacial score (nSPS) is 24.6. The summed E-state index contributed by atoms with van der Waals surface area (Å²) >= 11 is 0. The maximum Gasteiger partial charge on any atom is 0.403 e. The molecule has 1 heterocycles. The number of hydrogen-bond donors (Lipinski definition) is 1. The monoisotopic (exact) mass is 253 g/mol. The molecule has 1 rings (SSSR count). The van der Waals surface area contributed by atoms with Crippen LogP contribution in [0.1, 0.15) is 32.6 Å². The van der Waals surface area contributed by atoms with Crippen molar-refractivity contribution in [3.05, 3.63) is 0 Å².